The molecular formula is C36H43F. The van der Waals surface area contributed by atoms with Crippen molar-refractivity contribution >= 4 is 12.2 Å². The molecule has 0 bridgehead atoms. The summed E-state index contributed by atoms with van der Waals surface area (Å²) in [6.07, 6.45) is 19.2. The molecule has 0 nitrogen and oxygen atoms in total. The molecule has 1 fully saturated rings. The number of hydrogen-bond donors (Lipinski definition) is 0. The highest BCUT2D eigenvalue weighted by molar-refractivity contribution is 5.70. The van der Waals surface area contributed by atoms with Gasteiger partial charge in [0.25, 0.3) is 0 Å². The number of hydrogen-bond acceptors (Lipinski definition) is 0. The molecule has 0 N–H and O–H groups in total. The quantitative estimate of drug-likeness (QED) is 0.184. The lowest BCUT2D eigenvalue weighted by atomic mass is 9.76. The van der Waals surface area contributed by atoms with Crippen LogP contribution in [-0.4, -0.2) is 0 Å². The standard InChI is InChI=1S/C36H43F/c1-3-4-6-9-32-23-25-35(36(37)27-32)24-22-31-16-14-29(15-17-31)12-13-30-18-20-33(21-19-30)26-28(2)34-10-7-5-8-11-34/h3-5,7-8,10-11,14-17,22-25,27-28,30,33H,6,9,12-13,18-21,26H2,1-2H3/b4-3+,24-22?/t28-,30?,33?/m0/s1. The lowest BCUT2D eigenvalue weighted by molar-refractivity contribution is 0.245. The zero-order valence-corrected chi connectivity index (χ0v) is 22.7. The van der Waals surface area contributed by atoms with Crippen LogP contribution in [0.15, 0.2) is 84.9 Å². The van der Waals surface area contributed by atoms with Crippen molar-refractivity contribution in [2.24, 2.45) is 11.8 Å². The van der Waals surface area contributed by atoms with E-state index in [0.717, 1.165) is 42.2 Å². The summed E-state index contributed by atoms with van der Waals surface area (Å²) in [5.41, 5.74) is 5.71. The van der Waals surface area contributed by atoms with Crippen LogP contribution in [0, 0.1) is 17.7 Å². The first kappa shape index (κ1) is 27.1. The minimum absolute atomic E-state index is 0.143. The van der Waals surface area contributed by atoms with Crippen LogP contribution in [0.4, 0.5) is 4.39 Å². The number of allylic oxidation sites excluding steroid dienone is 2. The van der Waals surface area contributed by atoms with Gasteiger partial charge in [0.15, 0.2) is 0 Å². The Labute approximate surface area is 224 Å². The molecule has 0 aromatic heterocycles. The van der Waals surface area contributed by atoms with E-state index in [2.05, 4.69) is 67.6 Å². The van der Waals surface area contributed by atoms with Crippen LogP contribution in [0.5, 0.6) is 0 Å². The molecule has 3 aromatic rings. The average Bonchev–Trinajstić information content (AvgIpc) is 2.93. The van der Waals surface area contributed by atoms with Crippen LogP contribution >= 0.6 is 0 Å². The summed E-state index contributed by atoms with van der Waals surface area (Å²) in [7, 11) is 0. The predicted molar refractivity (Wildman–Crippen MR) is 158 cm³/mol. The maximum Gasteiger partial charge on any atom is 0.130 e. The van der Waals surface area contributed by atoms with Gasteiger partial charge in [0.05, 0.1) is 0 Å². The summed E-state index contributed by atoms with van der Waals surface area (Å²) in [5, 5.41) is 0. The third-order valence-electron chi connectivity index (χ3n) is 8.20. The summed E-state index contributed by atoms with van der Waals surface area (Å²) >= 11 is 0. The van der Waals surface area contributed by atoms with Crippen LogP contribution in [0.25, 0.3) is 12.2 Å². The van der Waals surface area contributed by atoms with Gasteiger partial charge >= 0.3 is 0 Å². The third-order valence-corrected chi connectivity index (χ3v) is 8.20. The smallest absolute Gasteiger partial charge is 0.130 e. The molecule has 0 unspecified atom stereocenters. The fraction of sp³-hybridized carbons (Fsp3) is 0.389. The number of benzene rings is 3. The van der Waals surface area contributed by atoms with E-state index in [1.165, 1.54) is 49.7 Å². The first-order valence-electron chi connectivity index (χ1n) is 14.3. The lowest BCUT2D eigenvalue weighted by Gasteiger charge is -2.30. The molecular weight excluding hydrogens is 451 g/mol. The van der Waals surface area contributed by atoms with E-state index in [0.29, 0.717) is 11.5 Å². The second kappa shape index (κ2) is 14.1. The van der Waals surface area contributed by atoms with Crippen molar-refractivity contribution in [3.05, 3.63) is 119 Å². The van der Waals surface area contributed by atoms with Gasteiger partial charge in [-0.3, -0.25) is 0 Å². The van der Waals surface area contributed by atoms with Crippen molar-refractivity contribution in [1.29, 1.82) is 0 Å². The minimum Gasteiger partial charge on any atom is -0.206 e. The molecule has 1 aliphatic carbocycles. The predicted octanol–water partition coefficient (Wildman–Crippen LogP) is 10.4. The molecule has 0 saturated heterocycles. The topological polar surface area (TPSA) is 0 Å². The molecule has 0 spiro atoms. The maximum absolute atomic E-state index is 14.5. The molecule has 1 aliphatic rings. The SMILES string of the molecule is C/C=C/CCc1ccc(C=Cc2ccc(CCC3CCC(C[C@H](C)c4ccccc4)CC3)cc2)c(F)c1. The van der Waals surface area contributed by atoms with Crippen molar-refractivity contribution in [2.45, 2.75) is 77.6 Å². The molecule has 0 aliphatic heterocycles. The molecule has 37 heavy (non-hydrogen) atoms. The van der Waals surface area contributed by atoms with Gasteiger partial charge in [-0.15, -0.1) is 0 Å². The highest BCUT2D eigenvalue weighted by Gasteiger charge is 2.23. The molecule has 0 heterocycles. The second-order valence-corrected chi connectivity index (χ2v) is 11.0. The second-order valence-electron chi connectivity index (χ2n) is 11.0. The summed E-state index contributed by atoms with van der Waals surface area (Å²) in [4.78, 5) is 0. The van der Waals surface area contributed by atoms with E-state index in [-0.39, 0.29) is 5.82 Å². The van der Waals surface area contributed by atoms with Crippen LogP contribution in [0.1, 0.15) is 92.5 Å². The van der Waals surface area contributed by atoms with E-state index in [1.54, 1.807) is 6.07 Å². The maximum atomic E-state index is 14.5. The van der Waals surface area contributed by atoms with Crippen molar-refractivity contribution < 1.29 is 4.39 Å². The Bertz CT molecular complexity index is 1130. The van der Waals surface area contributed by atoms with Gasteiger partial charge in [-0.25, -0.2) is 4.39 Å². The Morgan fingerprint density at radius 1 is 0.811 bits per heavy atom. The summed E-state index contributed by atoms with van der Waals surface area (Å²) in [5.74, 6) is 2.28. The lowest BCUT2D eigenvalue weighted by Crippen LogP contribution is -2.16. The van der Waals surface area contributed by atoms with Gasteiger partial charge in [-0.2, -0.15) is 0 Å². The monoisotopic (exact) mass is 494 g/mol. The van der Waals surface area contributed by atoms with Gasteiger partial charge in [0, 0.05) is 5.56 Å². The van der Waals surface area contributed by atoms with E-state index in [1.807, 2.05) is 37.3 Å². The minimum atomic E-state index is -0.143. The third kappa shape index (κ3) is 8.56. The molecule has 3 aromatic carbocycles. The van der Waals surface area contributed by atoms with Crippen molar-refractivity contribution in [3.63, 3.8) is 0 Å². The number of rotatable bonds is 11. The molecule has 4 rings (SSSR count). The summed E-state index contributed by atoms with van der Waals surface area (Å²) in [6, 6.07) is 25.4. The van der Waals surface area contributed by atoms with Gasteiger partial charge in [-0.1, -0.05) is 124 Å². The van der Waals surface area contributed by atoms with Crippen molar-refractivity contribution in [2.75, 3.05) is 0 Å². The normalized spacial score (nSPS) is 19.0. The summed E-state index contributed by atoms with van der Waals surface area (Å²) in [6.45, 7) is 4.40. The van der Waals surface area contributed by atoms with E-state index in [9.17, 15) is 4.39 Å². The number of halogens is 1. The van der Waals surface area contributed by atoms with Gasteiger partial charge in [0.1, 0.15) is 5.82 Å². The molecule has 0 radical (unpaired) electrons. The van der Waals surface area contributed by atoms with Crippen LogP contribution in [0.2, 0.25) is 0 Å². The van der Waals surface area contributed by atoms with E-state index < -0.39 is 0 Å². The number of aryl methyl sites for hydroxylation is 2. The van der Waals surface area contributed by atoms with Crippen molar-refractivity contribution in [1.82, 2.24) is 0 Å². The Morgan fingerprint density at radius 3 is 2.22 bits per heavy atom. The Kier molecular flexibility index (Phi) is 10.4. The molecule has 1 atom stereocenters. The average molecular weight is 495 g/mol. The first-order chi connectivity index (χ1) is 18.1. The van der Waals surface area contributed by atoms with Crippen LogP contribution < -0.4 is 0 Å². The van der Waals surface area contributed by atoms with Crippen LogP contribution in [0.3, 0.4) is 0 Å². The Morgan fingerprint density at radius 2 is 1.51 bits per heavy atom. The van der Waals surface area contributed by atoms with Gasteiger partial charge in [-0.05, 0) is 85.1 Å². The zero-order valence-electron chi connectivity index (χ0n) is 22.7. The largest absolute Gasteiger partial charge is 0.206 e. The van der Waals surface area contributed by atoms with Crippen LogP contribution in [-0.2, 0) is 12.8 Å². The van der Waals surface area contributed by atoms with Gasteiger partial charge < -0.3 is 0 Å². The highest BCUT2D eigenvalue weighted by Crippen LogP contribution is 2.37. The first-order valence-corrected chi connectivity index (χ1v) is 14.3. The van der Waals surface area contributed by atoms with Crippen molar-refractivity contribution in [3.8, 4) is 0 Å². The Hall–Kier alpha value is -2.93. The molecule has 1 saturated carbocycles. The van der Waals surface area contributed by atoms with E-state index >= 15 is 0 Å². The highest BCUT2D eigenvalue weighted by atomic mass is 19.1. The summed E-state index contributed by atoms with van der Waals surface area (Å²) < 4.78 is 14.5. The fourth-order valence-electron chi connectivity index (χ4n) is 5.80. The van der Waals surface area contributed by atoms with E-state index in [4.69, 9.17) is 0 Å². The molecule has 1 heteroatoms. The zero-order chi connectivity index (χ0) is 25.9. The molecule has 194 valence electrons. The fourth-order valence-corrected chi connectivity index (χ4v) is 5.80. The van der Waals surface area contributed by atoms with Gasteiger partial charge in [0.2, 0.25) is 0 Å². The Balaban J connectivity index is 1.20. The molecule has 0 amide bonds.